The van der Waals surface area contributed by atoms with Crippen molar-refractivity contribution in [3.05, 3.63) is 42.2 Å². The van der Waals surface area contributed by atoms with E-state index in [1.54, 1.807) is 20.7 Å². The van der Waals surface area contributed by atoms with Crippen LogP contribution in [0.1, 0.15) is 29.8 Å². The molecule has 27 heavy (non-hydrogen) atoms. The van der Waals surface area contributed by atoms with Crippen LogP contribution in [0.3, 0.4) is 0 Å². The Morgan fingerprint density at radius 1 is 1.19 bits per heavy atom. The lowest BCUT2D eigenvalue weighted by molar-refractivity contribution is -0.146. The van der Waals surface area contributed by atoms with E-state index in [0.29, 0.717) is 32.6 Å². The van der Waals surface area contributed by atoms with Gasteiger partial charge in [0.05, 0.1) is 23.9 Å². The number of piperidine rings is 1. The molecule has 2 aromatic rings. The Hall–Kier alpha value is -2.74. The van der Waals surface area contributed by atoms with E-state index in [1.165, 1.54) is 0 Å². The van der Waals surface area contributed by atoms with E-state index < -0.39 is 5.41 Å². The number of nitrogens with zero attached hydrogens (tertiary/aromatic N) is 5. The van der Waals surface area contributed by atoms with Crippen LogP contribution in [0.15, 0.2) is 36.5 Å². The zero-order chi connectivity index (χ0) is 18.9. The van der Waals surface area contributed by atoms with Crippen molar-refractivity contribution < 1.29 is 14.7 Å². The molecule has 2 aliphatic heterocycles. The summed E-state index contributed by atoms with van der Waals surface area (Å²) in [6.07, 6.45) is 3.97. The molecule has 0 bridgehead atoms. The fourth-order valence-electron chi connectivity index (χ4n) is 4.14. The highest BCUT2D eigenvalue weighted by atomic mass is 16.3. The number of β-amino-alcohol motifs (C(OH)–C–C–N with tert-alkyl or cyclic N) is 1. The summed E-state index contributed by atoms with van der Waals surface area (Å²) in [5, 5.41) is 17.3. The monoisotopic (exact) mass is 369 g/mol. The highest BCUT2D eigenvalue weighted by Crippen LogP contribution is 2.40. The number of rotatable bonds is 4. The third-order valence-electron chi connectivity index (χ3n) is 5.57. The van der Waals surface area contributed by atoms with Crippen LogP contribution in [0.4, 0.5) is 0 Å². The maximum Gasteiger partial charge on any atom is 0.276 e. The topological polar surface area (TPSA) is 91.6 Å². The first-order chi connectivity index (χ1) is 13.1. The number of hydrogen-bond donors (Lipinski definition) is 1. The average molecular weight is 369 g/mol. The number of benzene rings is 1. The van der Waals surface area contributed by atoms with E-state index in [1.807, 2.05) is 30.3 Å². The highest BCUT2D eigenvalue weighted by molar-refractivity contribution is 5.93. The number of aliphatic hydroxyl groups is 1. The molecular formula is C19H23N5O3. The summed E-state index contributed by atoms with van der Waals surface area (Å²) in [7, 11) is 0. The molecule has 2 saturated heterocycles. The fourth-order valence-corrected chi connectivity index (χ4v) is 4.14. The van der Waals surface area contributed by atoms with Crippen molar-refractivity contribution in [2.24, 2.45) is 5.41 Å². The molecule has 2 fully saturated rings. The van der Waals surface area contributed by atoms with Crippen molar-refractivity contribution in [2.45, 2.75) is 19.3 Å². The third-order valence-corrected chi connectivity index (χ3v) is 5.57. The van der Waals surface area contributed by atoms with Crippen molar-refractivity contribution in [1.29, 1.82) is 0 Å². The standard InChI is InChI=1S/C19H23N5O3/c25-12-11-22-9-4-7-19(18(22)27)8-10-23(14-19)17(26)16-13-24(21-20-16)15-5-2-1-3-6-15/h1-3,5-6,13,25H,4,7-12,14H2. The first-order valence-electron chi connectivity index (χ1n) is 9.30. The van der Waals surface area contributed by atoms with Gasteiger partial charge in [0.15, 0.2) is 5.69 Å². The zero-order valence-electron chi connectivity index (χ0n) is 15.1. The molecule has 0 radical (unpaired) electrons. The molecule has 8 nitrogen and oxygen atoms in total. The number of hydrogen-bond acceptors (Lipinski definition) is 5. The van der Waals surface area contributed by atoms with Gasteiger partial charge < -0.3 is 14.9 Å². The molecule has 1 N–H and O–H groups in total. The normalized spacial score (nSPS) is 22.6. The molecule has 1 aromatic heterocycles. The van der Waals surface area contributed by atoms with Gasteiger partial charge in [-0.1, -0.05) is 23.4 Å². The summed E-state index contributed by atoms with van der Waals surface area (Å²) < 4.78 is 1.58. The van der Waals surface area contributed by atoms with E-state index in [9.17, 15) is 14.7 Å². The van der Waals surface area contributed by atoms with Gasteiger partial charge in [0, 0.05) is 26.2 Å². The summed E-state index contributed by atoms with van der Waals surface area (Å²) in [6, 6.07) is 9.50. The van der Waals surface area contributed by atoms with Crippen LogP contribution in [0, 0.1) is 5.41 Å². The van der Waals surface area contributed by atoms with Crippen LogP contribution in [0.2, 0.25) is 0 Å². The van der Waals surface area contributed by atoms with Gasteiger partial charge in [-0.2, -0.15) is 0 Å². The van der Waals surface area contributed by atoms with Gasteiger partial charge in [-0.25, -0.2) is 4.68 Å². The third kappa shape index (κ3) is 3.21. The Morgan fingerprint density at radius 3 is 2.78 bits per heavy atom. The van der Waals surface area contributed by atoms with E-state index in [0.717, 1.165) is 18.5 Å². The SMILES string of the molecule is O=C(c1cn(-c2ccccc2)nn1)N1CCC2(CCCN(CCO)C2=O)C1. The number of likely N-dealkylation sites (tertiary alicyclic amines) is 2. The molecule has 8 heteroatoms. The van der Waals surface area contributed by atoms with Gasteiger partial charge in [0.1, 0.15) is 0 Å². The summed E-state index contributed by atoms with van der Waals surface area (Å²) in [6.45, 7) is 1.95. The van der Waals surface area contributed by atoms with Gasteiger partial charge in [0.2, 0.25) is 5.91 Å². The first-order valence-corrected chi connectivity index (χ1v) is 9.30. The van der Waals surface area contributed by atoms with Crippen molar-refractivity contribution in [3.63, 3.8) is 0 Å². The van der Waals surface area contributed by atoms with E-state index >= 15 is 0 Å². The quantitative estimate of drug-likeness (QED) is 0.857. The lowest BCUT2D eigenvalue weighted by Gasteiger charge is -2.39. The summed E-state index contributed by atoms with van der Waals surface area (Å²) >= 11 is 0. The largest absolute Gasteiger partial charge is 0.395 e. The number of amides is 2. The molecule has 3 heterocycles. The predicted octanol–water partition coefficient (Wildman–Crippen LogP) is 0.714. The van der Waals surface area contributed by atoms with Crippen LogP contribution >= 0.6 is 0 Å². The van der Waals surface area contributed by atoms with E-state index in [4.69, 9.17) is 0 Å². The summed E-state index contributed by atoms with van der Waals surface area (Å²) in [5.74, 6) is -0.132. The second-order valence-electron chi connectivity index (χ2n) is 7.26. The molecule has 1 unspecified atom stereocenters. The smallest absolute Gasteiger partial charge is 0.276 e. The Labute approximate surface area is 157 Å². The van der Waals surface area contributed by atoms with Gasteiger partial charge in [-0.05, 0) is 31.4 Å². The first kappa shape index (κ1) is 17.7. The molecule has 1 aromatic carbocycles. The van der Waals surface area contributed by atoms with Gasteiger partial charge in [-0.3, -0.25) is 9.59 Å². The number of para-hydroxylation sites is 1. The van der Waals surface area contributed by atoms with E-state index in [2.05, 4.69) is 10.3 Å². The van der Waals surface area contributed by atoms with Gasteiger partial charge in [0.25, 0.3) is 5.91 Å². The van der Waals surface area contributed by atoms with Crippen molar-refractivity contribution in [2.75, 3.05) is 32.8 Å². The molecule has 2 amide bonds. The molecule has 2 aliphatic rings. The highest BCUT2D eigenvalue weighted by Gasteiger charge is 2.49. The maximum absolute atomic E-state index is 12.9. The molecule has 1 spiro atoms. The number of carbonyl (C=O) groups is 2. The molecule has 0 aliphatic carbocycles. The lowest BCUT2D eigenvalue weighted by Crippen LogP contribution is -2.51. The minimum atomic E-state index is -0.515. The second-order valence-corrected chi connectivity index (χ2v) is 7.26. The van der Waals surface area contributed by atoms with Crippen LogP contribution in [0.5, 0.6) is 0 Å². The lowest BCUT2D eigenvalue weighted by atomic mass is 9.78. The number of aromatic nitrogens is 3. The predicted molar refractivity (Wildman–Crippen MR) is 97.2 cm³/mol. The van der Waals surface area contributed by atoms with Gasteiger partial charge in [-0.15, -0.1) is 5.10 Å². The van der Waals surface area contributed by atoms with Crippen LogP contribution in [-0.4, -0.2) is 74.5 Å². The maximum atomic E-state index is 12.9. The Morgan fingerprint density at radius 2 is 2.00 bits per heavy atom. The summed E-state index contributed by atoms with van der Waals surface area (Å²) in [5.41, 5.74) is 0.605. The Bertz CT molecular complexity index is 835. The van der Waals surface area contributed by atoms with Crippen LogP contribution in [0.25, 0.3) is 5.69 Å². The minimum Gasteiger partial charge on any atom is -0.395 e. The molecule has 1 atom stereocenters. The Balaban J connectivity index is 1.48. The average Bonchev–Trinajstić information content (AvgIpc) is 3.35. The number of aliphatic hydroxyl groups excluding tert-OH is 1. The van der Waals surface area contributed by atoms with E-state index in [-0.39, 0.29) is 24.1 Å². The molecule has 0 saturated carbocycles. The molecule has 4 rings (SSSR count). The van der Waals surface area contributed by atoms with Crippen molar-refractivity contribution in [1.82, 2.24) is 24.8 Å². The van der Waals surface area contributed by atoms with Crippen LogP contribution < -0.4 is 0 Å². The minimum absolute atomic E-state index is 0.0347. The fraction of sp³-hybridized carbons (Fsp3) is 0.474. The molecular weight excluding hydrogens is 346 g/mol. The summed E-state index contributed by atoms with van der Waals surface area (Å²) in [4.78, 5) is 29.2. The Kier molecular flexibility index (Phi) is 4.65. The second kappa shape index (κ2) is 7.11. The molecule has 142 valence electrons. The van der Waals surface area contributed by atoms with Crippen molar-refractivity contribution >= 4 is 11.8 Å². The van der Waals surface area contributed by atoms with Gasteiger partial charge >= 0.3 is 0 Å². The number of carbonyl (C=O) groups excluding carboxylic acids is 2. The van der Waals surface area contributed by atoms with Crippen LogP contribution in [-0.2, 0) is 4.79 Å². The zero-order valence-corrected chi connectivity index (χ0v) is 15.1. The van der Waals surface area contributed by atoms with Crippen molar-refractivity contribution in [3.8, 4) is 5.69 Å².